The van der Waals surface area contributed by atoms with Gasteiger partial charge in [0.1, 0.15) is 6.10 Å². The molecule has 9 heteroatoms. The number of para-hydroxylation sites is 1. The minimum atomic E-state index is -0.807. The maximum absolute atomic E-state index is 12.4. The van der Waals surface area contributed by atoms with Crippen LogP contribution in [0.3, 0.4) is 0 Å². The molecule has 1 aliphatic rings. The van der Waals surface area contributed by atoms with Crippen LogP contribution in [0.5, 0.6) is 0 Å². The summed E-state index contributed by atoms with van der Waals surface area (Å²) < 4.78 is 5.59. The number of piperidine rings is 1. The summed E-state index contributed by atoms with van der Waals surface area (Å²) in [6, 6.07) is 17.7. The number of carboxylic acids is 1. The Morgan fingerprint density at radius 1 is 1.00 bits per heavy atom. The lowest BCUT2D eigenvalue weighted by atomic mass is 10.0. The van der Waals surface area contributed by atoms with E-state index in [0.29, 0.717) is 45.2 Å². The van der Waals surface area contributed by atoms with Gasteiger partial charge in [-0.3, -0.25) is 15.0 Å². The van der Waals surface area contributed by atoms with Crippen LogP contribution in [0.25, 0.3) is 11.1 Å². The van der Waals surface area contributed by atoms with Gasteiger partial charge in [-0.1, -0.05) is 48.5 Å². The number of nitrogens with zero attached hydrogens (tertiary/aromatic N) is 2. The monoisotopic (exact) mass is 496 g/mol. The zero-order chi connectivity index (χ0) is 25.8. The Morgan fingerprint density at radius 2 is 1.69 bits per heavy atom. The first-order valence-electron chi connectivity index (χ1n) is 12.5. The van der Waals surface area contributed by atoms with Crippen molar-refractivity contribution in [3.8, 4) is 11.1 Å². The number of benzene rings is 2. The highest BCUT2D eigenvalue weighted by atomic mass is 16.6. The van der Waals surface area contributed by atoms with Gasteiger partial charge in [0.2, 0.25) is 5.91 Å². The van der Waals surface area contributed by atoms with E-state index in [0.717, 1.165) is 29.9 Å². The van der Waals surface area contributed by atoms with Crippen LogP contribution in [-0.4, -0.2) is 72.2 Å². The van der Waals surface area contributed by atoms with Gasteiger partial charge in [0, 0.05) is 51.6 Å². The van der Waals surface area contributed by atoms with E-state index in [1.165, 1.54) is 0 Å². The van der Waals surface area contributed by atoms with E-state index in [1.807, 2.05) is 54.6 Å². The molecule has 2 aromatic rings. The first kappa shape index (κ1) is 27.0. The average Bonchev–Trinajstić information content (AvgIpc) is 2.89. The SMILES string of the molecule is CN(CCCCC(=O)O)C(=O)CCN1CCC(OC(=O)NNc2ccccc2-c2ccccc2)CC1. The highest BCUT2D eigenvalue weighted by molar-refractivity contribution is 5.79. The molecule has 1 fully saturated rings. The lowest BCUT2D eigenvalue weighted by Gasteiger charge is -2.31. The predicted octanol–water partition coefficient (Wildman–Crippen LogP) is 3.97. The summed E-state index contributed by atoms with van der Waals surface area (Å²) in [5.41, 5.74) is 8.42. The second-order valence-corrected chi connectivity index (χ2v) is 9.02. The third kappa shape index (κ3) is 8.88. The molecule has 0 atom stereocenters. The van der Waals surface area contributed by atoms with E-state index < -0.39 is 12.1 Å². The number of amides is 2. The maximum atomic E-state index is 12.4. The molecule has 1 saturated heterocycles. The number of aliphatic carboxylic acids is 1. The second-order valence-electron chi connectivity index (χ2n) is 9.02. The summed E-state index contributed by atoms with van der Waals surface area (Å²) >= 11 is 0. The van der Waals surface area contributed by atoms with Crippen LogP contribution >= 0.6 is 0 Å². The normalized spacial score (nSPS) is 14.1. The zero-order valence-electron chi connectivity index (χ0n) is 20.8. The second kappa shape index (κ2) is 14.1. The quantitative estimate of drug-likeness (QED) is 0.301. The number of ether oxygens (including phenoxy) is 1. The smallest absolute Gasteiger partial charge is 0.426 e. The minimum Gasteiger partial charge on any atom is -0.481 e. The molecule has 2 amide bonds. The highest BCUT2D eigenvalue weighted by Gasteiger charge is 2.23. The van der Waals surface area contributed by atoms with Crippen molar-refractivity contribution < 1.29 is 24.2 Å². The van der Waals surface area contributed by atoms with Crippen molar-refractivity contribution in [3.63, 3.8) is 0 Å². The number of carboxylic acid groups (broad SMARTS) is 1. The fraction of sp³-hybridized carbons (Fsp3) is 0.444. The molecule has 3 rings (SSSR count). The summed E-state index contributed by atoms with van der Waals surface area (Å²) in [6.07, 6.45) is 2.56. The van der Waals surface area contributed by atoms with E-state index in [9.17, 15) is 14.4 Å². The number of rotatable bonds is 12. The summed E-state index contributed by atoms with van der Waals surface area (Å²) in [5.74, 6) is -0.747. The van der Waals surface area contributed by atoms with E-state index in [2.05, 4.69) is 15.8 Å². The van der Waals surface area contributed by atoms with Gasteiger partial charge in [-0.05, 0) is 37.3 Å². The van der Waals surface area contributed by atoms with E-state index in [-0.39, 0.29) is 18.4 Å². The first-order valence-corrected chi connectivity index (χ1v) is 12.5. The number of likely N-dealkylation sites (tertiary alicyclic amines) is 1. The van der Waals surface area contributed by atoms with Crippen molar-refractivity contribution in [1.82, 2.24) is 15.2 Å². The number of anilines is 1. The van der Waals surface area contributed by atoms with Crippen molar-refractivity contribution in [1.29, 1.82) is 0 Å². The number of hydrazine groups is 1. The maximum Gasteiger partial charge on any atom is 0.426 e. The van der Waals surface area contributed by atoms with Crippen molar-refractivity contribution in [2.75, 3.05) is 38.7 Å². The molecule has 0 aromatic heterocycles. The Labute approximate surface area is 212 Å². The van der Waals surface area contributed by atoms with Crippen LogP contribution in [0.4, 0.5) is 10.5 Å². The number of hydrogen-bond donors (Lipinski definition) is 3. The lowest BCUT2D eigenvalue weighted by molar-refractivity contribution is -0.137. The van der Waals surface area contributed by atoms with Crippen LogP contribution in [0.1, 0.15) is 38.5 Å². The summed E-state index contributed by atoms with van der Waals surface area (Å²) in [4.78, 5) is 39.1. The van der Waals surface area contributed by atoms with Gasteiger partial charge in [-0.25, -0.2) is 10.2 Å². The van der Waals surface area contributed by atoms with Crippen molar-refractivity contribution in [2.45, 2.75) is 44.6 Å². The molecule has 0 spiro atoms. The molecule has 9 nitrogen and oxygen atoms in total. The van der Waals surface area contributed by atoms with Gasteiger partial charge in [-0.15, -0.1) is 0 Å². The van der Waals surface area contributed by atoms with E-state index in [4.69, 9.17) is 9.84 Å². The summed E-state index contributed by atoms with van der Waals surface area (Å²) in [7, 11) is 1.76. The van der Waals surface area contributed by atoms with Gasteiger partial charge >= 0.3 is 12.1 Å². The van der Waals surface area contributed by atoms with Crippen molar-refractivity contribution in [2.24, 2.45) is 0 Å². The molecule has 2 aromatic carbocycles. The van der Waals surface area contributed by atoms with Crippen LogP contribution in [0, 0.1) is 0 Å². The lowest BCUT2D eigenvalue weighted by Crippen LogP contribution is -2.41. The largest absolute Gasteiger partial charge is 0.481 e. The number of hydrogen-bond acceptors (Lipinski definition) is 6. The molecule has 3 N–H and O–H groups in total. The minimum absolute atomic E-state index is 0.0601. The topological polar surface area (TPSA) is 111 Å². The molecular formula is C27H36N4O5. The van der Waals surface area contributed by atoms with Gasteiger partial charge < -0.3 is 19.6 Å². The predicted molar refractivity (Wildman–Crippen MR) is 138 cm³/mol. The molecule has 0 aliphatic carbocycles. The molecule has 0 saturated carbocycles. The van der Waals surface area contributed by atoms with Gasteiger partial charge in [0.15, 0.2) is 0 Å². The van der Waals surface area contributed by atoms with Crippen LogP contribution in [0.15, 0.2) is 54.6 Å². The Kier molecular flexibility index (Phi) is 10.6. The van der Waals surface area contributed by atoms with Crippen molar-refractivity contribution in [3.05, 3.63) is 54.6 Å². The Balaban J connectivity index is 1.33. The zero-order valence-corrected chi connectivity index (χ0v) is 20.8. The summed E-state index contributed by atoms with van der Waals surface area (Å²) in [5, 5.41) is 8.69. The number of unbranched alkanes of at least 4 members (excludes halogenated alkanes) is 1. The molecule has 0 radical (unpaired) electrons. The molecule has 0 bridgehead atoms. The van der Waals surface area contributed by atoms with Crippen LogP contribution in [0.2, 0.25) is 0 Å². The number of carbonyl (C=O) groups excluding carboxylic acids is 2. The van der Waals surface area contributed by atoms with E-state index >= 15 is 0 Å². The number of carbonyl (C=O) groups is 3. The fourth-order valence-electron chi connectivity index (χ4n) is 4.21. The van der Waals surface area contributed by atoms with Gasteiger partial charge in [0.05, 0.1) is 5.69 Å². The Hall–Kier alpha value is -3.59. The number of nitrogens with one attached hydrogen (secondary N) is 2. The Morgan fingerprint density at radius 3 is 2.42 bits per heavy atom. The summed E-state index contributed by atoms with van der Waals surface area (Å²) in [6.45, 7) is 2.76. The molecule has 1 heterocycles. The average molecular weight is 497 g/mol. The molecular weight excluding hydrogens is 460 g/mol. The van der Waals surface area contributed by atoms with Crippen LogP contribution < -0.4 is 10.9 Å². The first-order chi connectivity index (χ1) is 17.4. The molecule has 194 valence electrons. The van der Waals surface area contributed by atoms with E-state index in [1.54, 1.807) is 11.9 Å². The molecule has 0 unspecified atom stereocenters. The molecule has 36 heavy (non-hydrogen) atoms. The highest BCUT2D eigenvalue weighted by Crippen LogP contribution is 2.27. The van der Waals surface area contributed by atoms with Crippen molar-refractivity contribution >= 4 is 23.7 Å². The van der Waals surface area contributed by atoms with Gasteiger partial charge in [0.25, 0.3) is 0 Å². The standard InChI is InChI=1S/C27H36N4O5/c1-30(17-8-7-13-26(33)34)25(32)16-20-31-18-14-22(15-19-31)36-27(35)29-28-24-12-6-5-11-23(24)21-9-3-2-4-10-21/h2-6,9-12,22,28H,7-8,13-20H2,1H3,(H,29,35)(H,33,34). The third-order valence-corrected chi connectivity index (χ3v) is 6.32. The third-order valence-electron chi connectivity index (χ3n) is 6.32. The van der Waals surface area contributed by atoms with Gasteiger partial charge in [-0.2, -0.15) is 0 Å². The fourth-order valence-corrected chi connectivity index (χ4v) is 4.21. The van der Waals surface area contributed by atoms with Crippen LogP contribution in [-0.2, 0) is 14.3 Å². The molecule has 1 aliphatic heterocycles. The Bertz CT molecular complexity index is 993.